The molecule has 5 nitrogen and oxygen atoms in total. The smallest absolute Gasteiger partial charge is 0.251 e. The highest BCUT2D eigenvalue weighted by atomic mass is 32.1. The number of ether oxygens (including phenoxy) is 1. The van der Waals surface area contributed by atoms with E-state index >= 15 is 0 Å². The maximum atomic E-state index is 12.4. The minimum atomic E-state index is -0.119. The fourth-order valence-electron chi connectivity index (χ4n) is 2.61. The summed E-state index contributed by atoms with van der Waals surface area (Å²) in [6, 6.07) is 15.5. The number of carbonyl (C=O) groups excluding carboxylic acids is 1. The average molecular weight is 382 g/mol. The summed E-state index contributed by atoms with van der Waals surface area (Å²) >= 11 is 1.53. The van der Waals surface area contributed by atoms with Crippen molar-refractivity contribution in [1.29, 1.82) is 0 Å². The maximum absolute atomic E-state index is 12.4. The van der Waals surface area contributed by atoms with E-state index in [4.69, 9.17) is 4.74 Å². The van der Waals surface area contributed by atoms with E-state index in [1.807, 2.05) is 43.7 Å². The molecule has 140 valence electrons. The molecule has 2 aromatic carbocycles. The van der Waals surface area contributed by atoms with Gasteiger partial charge < -0.3 is 15.0 Å². The lowest BCUT2D eigenvalue weighted by molar-refractivity contribution is 0.0950. The number of hydrogen-bond acceptors (Lipinski definition) is 5. The molecule has 0 fully saturated rings. The molecule has 0 saturated heterocycles. The van der Waals surface area contributed by atoms with Crippen LogP contribution in [0.15, 0.2) is 59.4 Å². The predicted octanol–water partition coefficient (Wildman–Crippen LogP) is 3.71. The number of rotatable bonds is 8. The van der Waals surface area contributed by atoms with Gasteiger partial charge in [-0.05, 0) is 43.4 Å². The Hall–Kier alpha value is -2.70. The predicted molar refractivity (Wildman–Crippen MR) is 108 cm³/mol. The van der Waals surface area contributed by atoms with E-state index < -0.39 is 0 Å². The van der Waals surface area contributed by atoms with Gasteiger partial charge in [0, 0.05) is 24.0 Å². The lowest BCUT2D eigenvalue weighted by Gasteiger charge is -2.11. The van der Waals surface area contributed by atoms with Crippen molar-refractivity contribution in [3.8, 4) is 5.75 Å². The van der Waals surface area contributed by atoms with E-state index in [9.17, 15) is 4.79 Å². The van der Waals surface area contributed by atoms with Crippen molar-refractivity contribution in [3.63, 3.8) is 0 Å². The Labute approximate surface area is 163 Å². The van der Waals surface area contributed by atoms with Crippen LogP contribution in [0.4, 0.5) is 0 Å². The topological polar surface area (TPSA) is 54.5 Å². The van der Waals surface area contributed by atoms with Crippen LogP contribution in [0.25, 0.3) is 0 Å². The maximum Gasteiger partial charge on any atom is 0.251 e. The molecule has 0 bridgehead atoms. The molecular formula is C21H23N3O2S. The first-order valence-electron chi connectivity index (χ1n) is 8.71. The first-order valence-corrected chi connectivity index (χ1v) is 9.65. The third-order valence-corrected chi connectivity index (χ3v) is 4.58. The van der Waals surface area contributed by atoms with E-state index in [2.05, 4.69) is 27.3 Å². The monoisotopic (exact) mass is 381 g/mol. The van der Waals surface area contributed by atoms with Gasteiger partial charge in [0.1, 0.15) is 12.4 Å². The van der Waals surface area contributed by atoms with Crippen molar-refractivity contribution in [2.45, 2.75) is 19.7 Å². The molecule has 27 heavy (non-hydrogen) atoms. The van der Waals surface area contributed by atoms with Crippen LogP contribution in [0, 0.1) is 0 Å². The van der Waals surface area contributed by atoms with Crippen LogP contribution >= 0.6 is 11.3 Å². The number of thiazole rings is 1. The van der Waals surface area contributed by atoms with Gasteiger partial charge in [0.15, 0.2) is 0 Å². The molecule has 0 saturated carbocycles. The molecule has 1 heterocycles. The van der Waals surface area contributed by atoms with E-state index in [0.29, 0.717) is 24.5 Å². The molecule has 0 aliphatic rings. The Morgan fingerprint density at radius 3 is 2.63 bits per heavy atom. The van der Waals surface area contributed by atoms with Crippen molar-refractivity contribution >= 4 is 17.2 Å². The standard InChI is InChI=1S/C21H23N3O2S/c1-24(2)12-17-8-6-16(7-9-17)11-22-21(25)18-4-3-5-20(10-18)26-13-19-14-27-15-23-19/h3-10,14-15H,11-13H2,1-2H3,(H,22,25). The van der Waals surface area contributed by atoms with Crippen molar-refractivity contribution in [1.82, 2.24) is 15.2 Å². The van der Waals surface area contributed by atoms with Crippen molar-refractivity contribution in [2.75, 3.05) is 14.1 Å². The third kappa shape index (κ3) is 5.91. The molecule has 0 unspecified atom stereocenters. The van der Waals surface area contributed by atoms with Gasteiger partial charge in [-0.1, -0.05) is 30.3 Å². The Balaban J connectivity index is 1.53. The van der Waals surface area contributed by atoms with Crippen molar-refractivity contribution in [2.24, 2.45) is 0 Å². The summed E-state index contributed by atoms with van der Waals surface area (Å²) in [5.74, 6) is 0.537. The van der Waals surface area contributed by atoms with Gasteiger partial charge in [0.05, 0.1) is 11.2 Å². The minimum Gasteiger partial charge on any atom is -0.487 e. The Kier molecular flexibility index (Phi) is 6.57. The van der Waals surface area contributed by atoms with Gasteiger partial charge >= 0.3 is 0 Å². The number of aromatic nitrogens is 1. The Morgan fingerprint density at radius 2 is 1.93 bits per heavy atom. The van der Waals surface area contributed by atoms with Gasteiger partial charge in [-0.2, -0.15) is 0 Å². The molecule has 0 atom stereocenters. The second kappa shape index (κ2) is 9.30. The molecule has 1 amide bonds. The van der Waals surface area contributed by atoms with E-state index in [1.54, 1.807) is 17.6 Å². The first-order chi connectivity index (χ1) is 13.1. The van der Waals surface area contributed by atoms with Crippen LogP contribution in [0.1, 0.15) is 27.2 Å². The molecule has 1 aromatic heterocycles. The van der Waals surface area contributed by atoms with Gasteiger partial charge in [0.25, 0.3) is 5.91 Å². The zero-order valence-electron chi connectivity index (χ0n) is 15.5. The molecule has 6 heteroatoms. The highest BCUT2D eigenvalue weighted by Gasteiger charge is 2.07. The normalized spacial score (nSPS) is 10.8. The largest absolute Gasteiger partial charge is 0.487 e. The SMILES string of the molecule is CN(C)Cc1ccc(CNC(=O)c2cccc(OCc3cscn3)c2)cc1. The fourth-order valence-corrected chi connectivity index (χ4v) is 3.15. The first kappa shape index (κ1) is 19.1. The molecule has 0 aliphatic heterocycles. The summed E-state index contributed by atoms with van der Waals surface area (Å²) in [4.78, 5) is 18.7. The summed E-state index contributed by atoms with van der Waals surface area (Å²) in [5.41, 5.74) is 5.56. The highest BCUT2D eigenvalue weighted by Crippen LogP contribution is 2.15. The molecule has 0 radical (unpaired) electrons. The lowest BCUT2D eigenvalue weighted by Crippen LogP contribution is -2.22. The Bertz CT molecular complexity index is 861. The second-order valence-electron chi connectivity index (χ2n) is 6.53. The number of amides is 1. The van der Waals surface area contributed by atoms with Crippen LogP contribution < -0.4 is 10.1 Å². The molecule has 1 N–H and O–H groups in total. The van der Waals surface area contributed by atoms with E-state index in [0.717, 1.165) is 17.8 Å². The number of hydrogen-bond donors (Lipinski definition) is 1. The van der Waals surface area contributed by atoms with Gasteiger partial charge in [-0.3, -0.25) is 4.79 Å². The number of nitrogens with one attached hydrogen (secondary N) is 1. The summed E-state index contributed by atoms with van der Waals surface area (Å²) < 4.78 is 5.71. The van der Waals surface area contributed by atoms with Crippen molar-refractivity contribution < 1.29 is 9.53 Å². The minimum absolute atomic E-state index is 0.119. The fraction of sp³-hybridized carbons (Fsp3) is 0.238. The third-order valence-electron chi connectivity index (χ3n) is 3.94. The van der Waals surface area contributed by atoms with Gasteiger partial charge in [0.2, 0.25) is 0 Å². The lowest BCUT2D eigenvalue weighted by atomic mass is 10.1. The molecule has 3 aromatic rings. The zero-order valence-corrected chi connectivity index (χ0v) is 16.3. The molecular weight excluding hydrogens is 358 g/mol. The van der Waals surface area contributed by atoms with Crippen LogP contribution in [0.2, 0.25) is 0 Å². The average Bonchev–Trinajstić information content (AvgIpc) is 3.19. The number of carbonyl (C=O) groups is 1. The van der Waals surface area contributed by atoms with Crippen LogP contribution in [0.3, 0.4) is 0 Å². The van der Waals surface area contributed by atoms with Crippen LogP contribution in [0.5, 0.6) is 5.75 Å². The molecule has 3 rings (SSSR count). The molecule has 0 aliphatic carbocycles. The van der Waals surface area contributed by atoms with Gasteiger partial charge in [-0.15, -0.1) is 11.3 Å². The van der Waals surface area contributed by atoms with Crippen molar-refractivity contribution in [3.05, 3.63) is 81.8 Å². The summed E-state index contributed by atoms with van der Waals surface area (Å²) in [5, 5.41) is 4.90. The summed E-state index contributed by atoms with van der Waals surface area (Å²) in [6.07, 6.45) is 0. The Morgan fingerprint density at radius 1 is 1.15 bits per heavy atom. The molecule has 0 spiro atoms. The van der Waals surface area contributed by atoms with Crippen LogP contribution in [-0.4, -0.2) is 29.9 Å². The second-order valence-corrected chi connectivity index (χ2v) is 7.25. The highest BCUT2D eigenvalue weighted by molar-refractivity contribution is 7.07. The quantitative estimate of drug-likeness (QED) is 0.646. The van der Waals surface area contributed by atoms with E-state index in [-0.39, 0.29) is 5.91 Å². The summed E-state index contributed by atoms with van der Waals surface area (Å²) in [6.45, 7) is 1.79. The number of benzene rings is 2. The van der Waals surface area contributed by atoms with Crippen LogP contribution in [-0.2, 0) is 19.7 Å². The zero-order chi connectivity index (χ0) is 19.1. The summed E-state index contributed by atoms with van der Waals surface area (Å²) in [7, 11) is 4.09. The number of nitrogens with zero attached hydrogens (tertiary/aromatic N) is 2. The van der Waals surface area contributed by atoms with Gasteiger partial charge in [-0.25, -0.2) is 4.98 Å². The van der Waals surface area contributed by atoms with E-state index in [1.165, 1.54) is 16.9 Å².